The SMILES string of the molecule is NNc1c(F)cc(C(=O)NC2CCC2)cc1F. The summed E-state index contributed by atoms with van der Waals surface area (Å²) in [4.78, 5) is 11.7. The van der Waals surface area contributed by atoms with E-state index in [0.717, 1.165) is 31.4 Å². The van der Waals surface area contributed by atoms with Gasteiger partial charge in [0.25, 0.3) is 5.91 Å². The minimum atomic E-state index is -0.883. The lowest BCUT2D eigenvalue weighted by Crippen LogP contribution is -2.39. The summed E-state index contributed by atoms with van der Waals surface area (Å²) in [6.07, 6.45) is 2.90. The molecule has 1 aliphatic carbocycles. The van der Waals surface area contributed by atoms with E-state index in [0.29, 0.717) is 0 Å². The highest BCUT2D eigenvalue weighted by Gasteiger charge is 2.21. The first-order valence-electron chi connectivity index (χ1n) is 5.38. The first-order valence-corrected chi connectivity index (χ1v) is 5.38. The van der Waals surface area contributed by atoms with Gasteiger partial charge in [-0.25, -0.2) is 8.78 Å². The molecule has 0 heterocycles. The number of nitrogens with two attached hydrogens (primary N) is 1. The Morgan fingerprint density at radius 2 is 1.88 bits per heavy atom. The highest BCUT2D eigenvalue weighted by atomic mass is 19.1. The van der Waals surface area contributed by atoms with E-state index in [4.69, 9.17) is 5.84 Å². The second kappa shape index (κ2) is 4.67. The van der Waals surface area contributed by atoms with Gasteiger partial charge < -0.3 is 10.7 Å². The third kappa shape index (κ3) is 2.36. The van der Waals surface area contributed by atoms with Gasteiger partial charge in [0.15, 0.2) is 11.6 Å². The summed E-state index contributed by atoms with van der Waals surface area (Å²) in [6.45, 7) is 0. The average molecular weight is 241 g/mol. The van der Waals surface area contributed by atoms with Gasteiger partial charge >= 0.3 is 0 Å². The van der Waals surface area contributed by atoms with Crippen LogP contribution in [0.25, 0.3) is 0 Å². The van der Waals surface area contributed by atoms with Gasteiger partial charge in [-0.3, -0.25) is 10.6 Å². The van der Waals surface area contributed by atoms with Gasteiger partial charge in [-0.2, -0.15) is 0 Å². The number of rotatable bonds is 3. The molecule has 17 heavy (non-hydrogen) atoms. The van der Waals surface area contributed by atoms with Crippen LogP contribution >= 0.6 is 0 Å². The van der Waals surface area contributed by atoms with E-state index < -0.39 is 23.2 Å². The smallest absolute Gasteiger partial charge is 0.251 e. The number of halogens is 2. The normalized spacial score (nSPS) is 15.2. The number of amides is 1. The topological polar surface area (TPSA) is 67.1 Å². The fourth-order valence-electron chi connectivity index (χ4n) is 1.66. The Bertz CT molecular complexity index is 423. The first kappa shape index (κ1) is 11.8. The second-order valence-electron chi connectivity index (χ2n) is 4.06. The van der Waals surface area contributed by atoms with Crippen molar-refractivity contribution >= 4 is 11.6 Å². The molecule has 4 N–H and O–H groups in total. The molecule has 0 saturated heterocycles. The number of nitrogen functional groups attached to an aromatic ring is 1. The van der Waals surface area contributed by atoms with Crippen LogP contribution in [0, 0.1) is 11.6 Å². The molecular formula is C11H13F2N3O. The maximum absolute atomic E-state index is 13.3. The van der Waals surface area contributed by atoms with Crippen LogP contribution in [0.1, 0.15) is 29.6 Å². The number of hydrogen-bond donors (Lipinski definition) is 3. The number of hydrogen-bond acceptors (Lipinski definition) is 3. The Labute approximate surface area is 97.2 Å². The molecule has 0 spiro atoms. The molecule has 4 nitrogen and oxygen atoms in total. The molecule has 0 aliphatic heterocycles. The predicted molar refractivity (Wildman–Crippen MR) is 59.3 cm³/mol. The summed E-state index contributed by atoms with van der Waals surface area (Å²) in [7, 11) is 0. The van der Waals surface area contributed by atoms with Crippen molar-refractivity contribution in [3.8, 4) is 0 Å². The Balaban J connectivity index is 2.17. The third-order valence-corrected chi connectivity index (χ3v) is 2.89. The fourth-order valence-corrected chi connectivity index (χ4v) is 1.66. The molecule has 1 fully saturated rings. The molecule has 6 heteroatoms. The van der Waals surface area contributed by atoms with Crippen LogP contribution in [0.5, 0.6) is 0 Å². The molecule has 92 valence electrons. The quantitative estimate of drug-likeness (QED) is 0.555. The number of anilines is 1. The molecule has 0 aromatic heterocycles. The highest BCUT2D eigenvalue weighted by Crippen LogP contribution is 2.21. The number of nitrogens with one attached hydrogen (secondary N) is 2. The van der Waals surface area contributed by atoms with Crippen LogP contribution in [0.15, 0.2) is 12.1 Å². The lowest BCUT2D eigenvalue weighted by atomic mass is 9.93. The molecule has 2 rings (SSSR count). The maximum atomic E-state index is 13.3. The van der Waals surface area contributed by atoms with Crippen LogP contribution in [0.2, 0.25) is 0 Å². The van der Waals surface area contributed by atoms with Crippen molar-refractivity contribution in [3.63, 3.8) is 0 Å². The van der Waals surface area contributed by atoms with E-state index in [1.54, 1.807) is 0 Å². The summed E-state index contributed by atoms with van der Waals surface area (Å²) in [5.74, 6) is 2.73. The van der Waals surface area contributed by atoms with Gasteiger partial charge in [-0.05, 0) is 31.4 Å². The minimum absolute atomic E-state index is 0.0362. The van der Waals surface area contributed by atoms with Crippen molar-refractivity contribution < 1.29 is 13.6 Å². The van der Waals surface area contributed by atoms with E-state index in [-0.39, 0.29) is 11.6 Å². The zero-order valence-corrected chi connectivity index (χ0v) is 9.09. The van der Waals surface area contributed by atoms with E-state index in [1.807, 2.05) is 5.43 Å². The van der Waals surface area contributed by atoms with Crippen LogP contribution in [0.3, 0.4) is 0 Å². The van der Waals surface area contributed by atoms with Crippen molar-refractivity contribution in [1.29, 1.82) is 0 Å². The second-order valence-corrected chi connectivity index (χ2v) is 4.06. The van der Waals surface area contributed by atoms with Crippen LogP contribution in [0.4, 0.5) is 14.5 Å². The molecule has 0 unspecified atom stereocenters. The zero-order chi connectivity index (χ0) is 12.4. The number of carbonyl (C=O) groups excluding carboxylic acids is 1. The largest absolute Gasteiger partial charge is 0.349 e. The van der Waals surface area contributed by atoms with Gasteiger partial charge in [-0.1, -0.05) is 0 Å². The van der Waals surface area contributed by atoms with Gasteiger partial charge in [0.1, 0.15) is 5.69 Å². The summed E-state index contributed by atoms with van der Waals surface area (Å²) in [5.41, 5.74) is 1.44. The number of carbonyl (C=O) groups is 1. The van der Waals surface area contributed by atoms with Gasteiger partial charge in [-0.15, -0.1) is 0 Å². The highest BCUT2D eigenvalue weighted by molar-refractivity contribution is 5.94. The molecule has 1 aromatic rings. The first-order chi connectivity index (χ1) is 8.11. The number of hydrazine groups is 1. The van der Waals surface area contributed by atoms with Crippen LogP contribution < -0.4 is 16.6 Å². The molecule has 0 atom stereocenters. The molecule has 0 bridgehead atoms. The summed E-state index contributed by atoms with van der Waals surface area (Å²) in [6, 6.07) is 2.05. The molecule has 0 radical (unpaired) electrons. The monoisotopic (exact) mass is 241 g/mol. The third-order valence-electron chi connectivity index (χ3n) is 2.89. The lowest BCUT2D eigenvalue weighted by Gasteiger charge is -2.26. The maximum Gasteiger partial charge on any atom is 0.251 e. The molecule has 1 aromatic carbocycles. The van der Waals surface area contributed by atoms with Crippen molar-refractivity contribution in [2.24, 2.45) is 5.84 Å². The van der Waals surface area contributed by atoms with E-state index in [1.165, 1.54) is 0 Å². The standard InChI is InChI=1S/C11H13F2N3O/c12-8-4-6(5-9(13)10(8)16-14)11(17)15-7-2-1-3-7/h4-5,7,16H,1-3,14H2,(H,15,17). The van der Waals surface area contributed by atoms with E-state index in [9.17, 15) is 13.6 Å². The van der Waals surface area contributed by atoms with Crippen molar-refractivity contribution in [2.45, 2.75) is 25.3 Å². The Kier molecular flexibility index (Phi) is 3.23. The van der Waals surface area contributed by atoms with E-state index >= 15 is 0 Å². The minimum Gasteiger partial charge on any atom is -0.349 e. The van der Waals surface area contributed by atoms with Crippen molar-refractivity contribution in [3.05, 3.63) is 29.3 Å². The molecular weight excluding hydrogens is 228 g/mol. The van der Waals surface area contributed by atoms with Gasteiger partial charge in [0.05, 0.1) is 0 Å². The molecule has 1 saturated carbocycles. The molecule has 1 aliphatic rings. The lowest BCUT2D eigenvalue weighted by molar-refractivity contribution is 0.0916. The Morgan fingerprint density at radius 1 is 1.29 bits per heavy atom. The average Bonchev–Trinajstić information content (AvgIpc) is 2.22. The summed E-state index contributed by atoms with van der Waals surface area (Å²) < 4.78 is 26.7. The Hall–Kier alpha value is -1.69. The summed E-state index contributed by atoms with van der Waals surface area (Å²) >= 11 is 0. The van der Waals surface area contributed by atoms with Crippen molar-refractivity contribution in [1.82, 2.24) is 5.32 Å². The Morgan fingerprint density at radius 3 is 2.29 bits per heavy atom. The van der Waals surface area contributed by atoms with Crippen LogP contribution in [-0.4, -0.2) is 11.9 Å². The van der Waals surface area contributed by atoms with E-state index in [2.05, 4.69) is 5.32 Å². The molecule has 1 amide bonds. The predicted octanol–water partition coefficient (Wildman–Crippen LogP) is 1.53. The number of benzene rings is 1. The fraction of sp³-hybridized carbons (Fsp3) is 0.364. The van der Waals surface area contributed by atoms with Crippen molar-refractivity contribution in [2.75, 3.05) is 5.43 Å². The summed E-state index contributed by atoms with van der Waals surface area (Å²) in [5, 5.41) is 2.70. The zero-order valence-electron chi connectivity index (χ0n) is 9.09. The van der Waals surface area contributed by atoms with Gasteiger partial charge in [0.2, 0.25) is 0 Å². The van der Waals surface area contributed by atoms with Crippen LogP contribution in [-0.2, 0) is 0 Å². The van der Waals surface area contributed by atoms with Gasteiger partial charge in [0, 0.05) is 11.6 Å².